The summed E-state index contributed by atoms with van der Waals surface area (Å²) in [5, 5.41) is 15.6. The first-order chi connectivity index (χ1) is 14.4. The van der Waals surface area contributed by atoms with Crippen LogP contribution in [0.3, 0.4) is 0 Å². The number of hydrogen-bond donors (Lipinski definition) is 2. The summed E-state index contributed by atoms with van der Waals surface area (Å²) < 4.78 is 49.2. The van der Waals surface area contributed by atoms with Gasteiger partial charge in [0.15, 0.2) is 11.6 Å². The Balaban J connectivity index is 1.92. The zero-order valence-electron chi connectivity index (χ0n) is 16.0. The number of furan rings is 1. The van der Waals surface area contributed by atoms with Crippen molar-refractivity contribution in [1.29, 1.82) is 5.26 Å². The lowest BCUT2D eigenvalue weighted by molar-refractivity contribution is -0.137. The molecule has 2 N–H and O–H groups in total. The van der Waals surface area contributed by atoms with Crippen LogP contribution in [0.2, 0.25) is 0 Å². The van der Waals surface area contributed by atoms with Gasteiger partial charge in [0, 0.05) is 20.2 Å². The smallest absolute Gasteiger partial charge is 0.416 e. The molecular weight excluding hydrogens is 399 g/mol. The number of methoxy groups -OCH3 is 1. The normalized spacial score (nSPS) is 11.2. The summed E-state index contributed by atoms with van der Waals surface area (Å²) >= 11 is 0. The first-order valence-corrected chi connectivity index (χ1v) is 8.91. The van der Waals surface area contributed by atoms with Crippen molar-refractivity contribution in [2.45, 2.75) is 12.7 Å². The molecule has 3 aromatic rings. The van der Waals surface area contributed by atoms with Crippen LogP contribution in [-0.2, 0) is 17.5 Å². The number of nitrogens with one attached hydrogen (secondary N) is 2. The van der Waals surface area contributed by atoms with E-state index in [9.17, 15) is 18.4 Å². The number of benzene rings is 1. The molecule has 0 bridgehead atoms. The highest BCUT2D eigenvalue weighted by atomic mass is 19.4. The maximum Gasteiger partial charge on any atom is 0.416 e. The molecule has 0 amide bonds. The van der Waals surface area contributed by atoms with E-state index in [1.165, 1.54) is 12.3 Å². The van der Waals surface area contributed by atoms with Crippen molar-refractivity contribution in [1.82, 2.24) is 9.97 Å². The van der Waals surface area contributed by atoms with Gasteiger partial charge in [-0.15, -0.1) is 0 Å². The molecular formula is C20H18F3N5O2. The lowest BCUT2D eigenvalue weighted by atomic mass is 10.1. The van der Waals surface area contributed by atoms with E-state index >= 15 is 0 Å². The van der Waals surface area contributed by atoms with Gasteiger partial charge in [0.25, 0.3) is 0 Å². The largest absolute Gasteiger partial charge is 0.463 e. The molecule has 0 saturated carbocycles. The van der Waals surface area contributed by atoms with Crippen molar-refractivity contribution in [2.24, 2.45) is 0 Å². The summed E-state index contributed by atoms with van der Waals surface area (Å²) in [6, 6.07) is 10.3. The molecule has 0 unspecified atom stereocenters. The van der Waals surface area contributed by atoms with Gasteiger partial charge in [0.1, 0.15) is 17.3 Å². The SMILES string of the molecule is COCCNc1nc(NCc2cccc(C(F)(F)F)c2)c(C#N)c(-c2ccco2)n1. The molecule has 7 nitrogen and oxygen atoms in total. The Morgan fingerprint density at radius 3 is 2.67 bits per heavy atom. The van der Waals surface area contributed by atoms with Crippen molar-refractivity contribution >= 4 is 11.8 Å². The average Bonchev–Trinajstić information content (AvgIpc) is 3.26. The van der Waals surface area contributed by atoms with Gasteiger partial charge in [0.05, 0.1) is 18.4 Å². The Morgan fingerprint density at radius 1 is 1.17 bits per heavy atom. The number of rotatable bonds is 8. The Morgan fingerprint density at radius 2 is 2.00 bits per heavy atom. The van der Waals surface area contributed by atoms with Crippen molar-refractivity contribution < 1.29 is 22.3 Å². The Hall–Kier alpha value is -3.58. The third-order valence-electron chi connectivity index (χ3n) is 4.08. The van der Waals surface area contributed by atoms with Crippen molar-refractivity contribution in [2.75, 3.05) is 30.9 Å². The molecule has 0 spiro atoms. The molecule has 0 atom stereocenters. The quantitative estimate of drug-likeness (QED) is 0.528. The number of nitriles is 1. The van der Waals surface area contributed by atoms with E-state index in [1.54, 1.807) is 25.3 Å². The molecule has 10 heteroatoms. The van der Waals surface area contributed by atoms with Gasteiger partial charge >= 0.3 is 6.18 Å². The van der Waals surface area contributed by atoms with Crippen LogP contribution in [0, 0.1) is 11.3 Å². The number of halogens is 3. The van der Waals surface area contributed by atoms with Crippen LogP contribution in [0.4, 0.5) is 24.9 Å². The van der Waals surface area contributed by atoms with E-state index in [4.69, 9.17) is 9.15 Å². The third-order valence-corrected chi connectivity index (χ3v) is 4.08. The van der Waals surface area contributed by atoms with Crippen LogP contribution >= 0.6 is 0 Å². The maximum absolute atomic E-state index is 12.9. The first kappa shape index (κ1) is 21.1. The number of hydrogen-bond acceptors (Lipinski definition) is 7. The fraction of sp³-hybridized carbons (Fsp3) is 0.250. The zero-order valence-corrected chi connectivity index (χ0v) is 16.0. The minimum atomic E-state index is -4.44. The minimum Gasteiger partial charge on any atom is -0.463 e. The summed E-state index contributed by atoms with van der Waals surface area (Å²) in [6.07, 6.45) is -2.99. The minimum absolute atomic E-state index is 0.0325. The van der Waals surface area contributed by atoms with E-state index in [0.717, 1.165) is 12.1 Å². The van der Waals surface area contributed by atoms with Gasteiger partial charge in [0.2, 0.25) is 5.95 Å². The van der Waals surface area contributed by atoms with Crippen molar-refractivity contribution in [3.8, 4) is 17.5 Å². The summed E-state index contributed by atoms with van der Waals surface area (Å²) in [7, 11) is 1.55. The molecule has 2 heterocycles. The van der Waals surface area contributed by atoms with Gasteiger partial charge in [-0.2, -0.15) is 23.4 Å². The highest BCUT2D eigenvalue weighted by Gasteiger charge is 2.30. The molecule has 0 aliphatic carbocycles. The molecule has 0 aliphatic rings. The molecule has 2 aromatic heterocycles. The van der Waals surface area contributed by atoms with Crippen molar-refractivity contribution in [3.63, 3.8) is 0 Å². The highest BCUT2D eigenvalue weighted by Crippen LogP contribution is 2.30. The summed E-state index contributed by atoms with van der Waals surface area (Å²) in [4.78, 5) is 8.63. The standard InChI is InChI=1S/C20H18F3N5O2/c1-29-9-7-25-19-27-17(16-6-3-8-30-16)15(11-24)18(28-19)26-12-13-4-2-5-14(10-13)20(21,22)23/h2-6,8,10H,7,9,12H2,1H3,(H2,25,26,27,28). The summed E-state index contributed by atoms with van der Waals surface area (Å²) in [6.45, 7) is 0.865. The van der Waals surface area contributed by atoms with Gasteiger partial charge in [-0.25, -0.2) is 4.98 Å². The van der Waals surface area contributed by atoms with Crippen LogP contribution < -0.4 is 10.6 Å². The Bertz CT molecular complexity index is 1030. The summed E-state index contributed by atoms with van der Waals surface area (Å²) in [5.41, 5.74) is 0.0298. The Kier molecular flexibility index (Phi) is 6.54. The second kappa shape index (κ2) is 9.28. The van der Waals surface area contributed by atoms with Crippen LogP contribution in [-0.4, -0.2) is 30.2 Å². The predicted octanol–water partition coefficient (Wildman–Crippen LogP) is 4.30. The second-order valence-electron chi connectivity index (χ2n) is 6.18. The highest BCUT2D eigenvalue weighted by molar-refractivity contribution is 5.71. The topological polar surface area (TPSA) is 96.0 Å². The van der Waals surface area contributed by atoms with E-state index < -0.39 is 11.7 Å². The summed E-state index contributed by atoms with van der Waals surface area (Å²) in [5.74, 6) is 0.770. The third kappa shape index (κ3) is 5.07. The molecule has 0 aliphatic heterocycles. The molecule has 30 heavy (non-hydrogen) atoms. The predicted molar refractivity (Wildman–Crippen MR) is 104 cm³/mol. The molecule has 1 aromatic carbocycles. The first-order valence-electron chi connectivity index (χ1n) is 8.91. The van der Waals surface area contributed by atoms with Gasteiger partial charge < -0.3 is 19.8 Å². The van der Waals surface area contributed by atoms with Crippen LogP contribution in [0.1, 0.15) is 16.7 Å². The van der Waals surface area contributed by atoms with Crippen molar-refractivity contribution in [3.05, 3.63) is 59.4 Å². The van der Waals surface area contributed by atoms with E-state index in [1.807, 2.05) is 6.07 Å². The van der Waals surface area contributed by atoms with Crippen LogP contribution in [0.15, 0.2) is 47.1 Å². The number of nitrogens with zero attached hydrogens (tertiary/aromatic N) is 3. The number of alkyl halides is 3. The second-order valence-corrected chi connectivity index (χ2v) is 6.18. The fourth-order valence-corrected chi connectivity index (χ4v) is 2.67. The van der Waals surface area contributed by atoms with Gasteiger partial charge in [-0.1, -0.05) is 12.1 Å². The maximum atomic E-state index is 12.9. The molecule has 0 fully saturated rings. The van der Waals surface area contributed by atoms with E-state index in [2.05, 4.69) is 20.6 Å². The van der Waals surface area contributed by atoms with Crippen LogP contribution in [0.25, 0.3) is 11.5 Å². The number of ether oxygens (including phenoxy) is 1. The van der Waals surface area contributed by atoms with Crippen LogP contribution in [0.5, 0.6) is 0 Å². The zero-order chi connectivity index (χ0) is 21.6. The lowest BCUT2D eigenvalue weighted by Crippen LogP contribution is -2.13. The van der Waals surface area contributed by atoms with Gasteiger partial charge in [-0.3, -0.25) is 0 Å². The van der Waals surface area contributed by atoms with E-state index in [-0.39, 0.29) is 29.6 Å². The average molecular weight is 417 g/mol. The molecule has 0 radical (unpaired) electrons. The van der Waals surface area contributed by atoms with E-state index in [0.29, 0.717) is 24.5 Å². The Labute approximate surface area is 170 Å². The molecule has 156 valence electrons. The molecule has 3 rings (SSSR count). The number of aromatic nitrogens is 2. The van der Waals surface area contributed by atoms with Gasteiger partial charge in [-0.05, 0) is 29.8 Å². The molecule has 0 saturated heterocycles. The number of anilines is 2. The monoisotopic (exact) mass is 417 g/mol. The lowest BCUT2D eigenvalue weighted by Gasteiger charge is -2.13. The fourth-order valence-electron chi connectivity index (χ4n) is 2.67.